The molecular formula is C34H40FN3O5. The van der Waals surface area contributed by atoms with Gasteiger partial charge in [-0.1, -0.05) is 30.3 Å². The normalized spacial score (nSPS) is 14.4. The molecular weight excluding hydrogens is 549 g/mol. The second kappa shape index (κ2) is 13.0. The summed E-state index contributed by atoms with van der Waals surface area (Å²) in [6.07, 6.45) is 1.64. The first-order chi connectivity index (χ1) is 20.3. The Morgan fingerprint density at radius 1 is 0.930 bits per heavy atom. The van der Waals surface area contributed by atoms with Crippen molar-refractivity contribution >= 4 is 29.3 Å². The zero-order chi connectivity index (χ0) is 31.5. The van der Waals surface area contributed by atoms with Gasteiger partial charge in [0.05, 0.1) is 30.1 Å². The van der Waals surface area contributed by atoms with Crippen LogP contribution in [-0.4, -0.2) is 42.8 Å². The molecule has 8 nitrogen and oxygen atoms in total. The van der Waals surface area contributed by atoms with Crippen LogP contribution in [0.4, 0.5) is 20.6 Å². The summed E-state index contributed by atoms with van der Waals surface area (Å²) in [5.41, 5.74) is 4.69. The summed E-state index contributed by atoms with van der Waals surface area (Å²) < 4.78 is 24.9. The van der Waals surface area contributed by atoms with Gasteiger partial charge in [-0.25, -0.2) is 14.0 Å². The SMILES string of the molecule is COC(=O)[C@@H](NC(=O)c1ccc(-c2cccc(F)c2)cc1NC(=O)Nc1c(C)cc(C2CC2)cc1C)[C@@H](C)OC(C)(C)C. The van der Waals surface area contributed by atoms with E-state index in [2.05, 4.69) is 28.1 Å². The van der Waals surface area contributed by atoms with Gasteiger partial charge in [0.15, 0.2) is 6.04 Å². The van der Waals surface area contributed by atoms with Crippen molar-refractivity contribution in [2.45, 2.75) is 78.0 Å². The van der Waals surface area contributed by atoms with Gasteiger partial charge >= 0.3 is 12.0 Å². The summed E-state index contributed by atoms with van der Waals surface area (Å²) in [6, 6.07) is 13.3. The van der Waals surface area contributed by atoms with E-state index < -0.39 is 41.5 Å². The molecule has 0 radical (unpaired) electrons. The van der Waals surface area contributed by atoms with Crippen LogP contribution in [-0.2, 0) is 14.3 Å². The Labute approximate surface area is 252 Å². The molecule has 4 rings (SSSR count). The van der Waals surface area contributed by atoms with Crippen LogP contribution in [0.1, 0.15) is 73.5 Å². The minimum atomic E-state index is -1.11. The third-order valence-electron chi connectivity index (χ3n) is 7.26. The summed E-state index contributed by atoms with van der Waals surface area (Å²) in [5, 5.41) is 8.43. The maximum atomic E-state index is 14.0. The van der Waals surface area contributed by atoms with Crippen molar-refractivity contribution in [2.24, 2.45) is 0 Å². The Kier molecular flexibility index (Phi) is 9.55. The Balaban J connectivity index is 1.65. The fourth-order valence-electron chi connectivity index (χ4n) is 5.15. The molecule has 228 valence electrons. The number of rotatable bonds is 9. The second-order valence-corrected chi connectivity index (χ2v) is 12.1. The molecule has 3 aromatic carbocycles. The van der Waals surface area contributed by atoms with Crippen molar-refractivity contribution in [3.8, 4) is 11.1 Å². The first-order valence-electron chi connectivity index (χ1n) is 14.4. The number of esters is 1. The number of hydrogen-bond donors (Lipinski definition) is 3. The highest BCUT2D eigenvalue weighted by molar-refractivity contribution is 6.08. The van der Waals surface area contributed by atoms with E-state index in [-0.39, 0.29) is 11.3 Å². The summed E-state index contributed by atoms with van der Waals surface area (Å²) in [4.78, 5) is 39.6. The van der Waals surface area contributed by atoms with Gasteiger partial charge in [-0.2, -0.15) is 0 Å². The van der Waals surface area contributed by atoms with Crippen LogP contribution in [0, 0.1) is 19.7 Å². The molecule has 1 aliphatic rings. The van der Waals surface area contributed by atoms with Crippen molar-refractivity contribution in [3.63, 3.8) is 0 Å². The van der Waals surface area contributed by atoms with Crippen LogP contribution in [0.5, 0.6) is 0 Å². The lowest BCUT2D eigenvalue weighted by molar-refractivity contribution is -0.150. The van der Waals surface area contributed by atoms with Crippen molar-refractivity contribution in [3.05, 3.63) is 82.7 Å². The van der Waals surface area contributed by atoms with E-state index in [0.717, 1.165) is 11.1 Å². The second-order valence-electron chi connectivity index (χ2n) is 12.1. The molecule has 0 heterocycles. The van der Waals surface area contributed by atoms with Gasteiger partial charge in [0, 0.05) is 5.69 Å². The predicted molar refractivity (Wildman–Crippen MR) is 166 cm³/mol. The third kappa shape index (κ3) is 8.20. The standard InChI is InChI=1S/C34H40FN3O5/c1-19-15-25(22-11-12-22)16-20(2)29(19)38-33(41)36-28-18-24(23-9-8-10-26(35)17-23)13-14-27(28)31(39)37-30(32(40)42-7)21(3)43-34(4,5)6/h8-10,13-18,21-22,30H,11-12H2,1-7H3,(H,37,39)(H2,36,38,41)/t21-,30+/m1/s1. The molecule has 43 heavy (non-hydrogen) atoms. The molecule has 1 fully saturated rings. The van der Waals surface area contributed by atoms with Gasteiger partial charge in [0.25, 0.3) is 5.91 Å². The van der Waals surface area contributed by atoms with Crippen molar-refractivity contribution in [2.75, 3.05) is 17.7 Å². The van der Waals surface area contributed by atoms with Crippen LogP contribution in [0.2, 0.25) is 0 Å². The first-order valence-corrected chi connectivity index (χ1v) is 14.4. The molecule has 0 saturated heterocycles. The fourth-order valence-corrected chi connectivity index (χ4v) is 5.15. The molecule has 0 aliphatic heterocycles. The maximum Gasteiger partial charge on any atom is 0.331 e. The zero-order valence-electron chi connectivity index (χ0n) is 25.8. The average molecular weight is 590 g/mol. The summed E-state index contributed by atoms with van der Waals surface area (Å²) in [6.45, 7) is 11.1. The Bertz CT molecular complexity index is 1500. The predicted octanol–water partition coefficient (Wildman–Crippen LogP) is 7.11. The Morgan fingerprint density at radius 2 is 1.58 bits per heavy atom. The lowest BCUT2D eigenvalue weighted by atomic mass is 10.0. The van der Waals surface area contributed by atoms with Crippen LogP contribution >= 0.6 is 0 Å². The molecule has 3 N–H and O–H groups in total. The van der Waals surface area contributed by atoms with Crippen molar-refractivity contribution in [1.82, 2.24) is 5.32 Å². The highest BCUT2D eigenvalue weighted by Crippen LogP contribution is 2.42. The average Bonchev–Trinajstić information content (AvgIpc) is 3.78. The number of benzene rings is 3. The van der Waals surface area contributed by atoms with E-state index in [9.17, 15) is 18.8 Å². The van der Waals surface area contributed by atoms with Crippen LogP contribution in [0.25, 0.3) is 11.1 Å². The lowest BCUT2D eigenvalue weighted by Gasteiger charge is -2.30. The van der Waals surface area contributed by atoms with Gasteiger partial charge in [-0.05, 0) is 112 Å². The number of amides is 3. The number of urea groups is 1. The van der Waals surface area contributed by atoms with E-state index in [4.69, 9.17) is 9.47 Å². The Morgan fingerprint density at radius 3 is 2.16 bits per heavy atom. The monoisotopic (exact) mass is 589 g/mol. The van der Waals surface area contributed by atoms with E-state index in [1.807, 2.05) is 34.6 Å². The van der Waals surface area contributed by atoms with Crippen molar-refractivity contribution in [1.29, 1.82) is 0 Å². The molecule has 1 aliphatic carbocycles. The fraction of sp³-hybridized carbons (Fsp3) is 0.382. The molecule has 0 bridgehead atoms. The minimum Gasteiger partial charge on any atom is -0.467 e. The van der Waals surface area contributed by atoms with E-state index in [1.54, 1.807) is 31.2 Å². The third-order valence-corrected chi connectivity index (χ3v) is 7.26. The van der Waals surface area contributed by atoms with Gasteiger partial charge in [0.1, 0.15) is 5.82 Å². The van der Waals surface area contributed by atoms with Crippen LogP contribution in [0.3, 0.4) is 0 Å². The number of methoxy groups -OCH3 is 1. The number of anilines is 2. The quantitative estimate of drug-likeness (QED) is 0.231. The number of carbonyl (C=O) groups is 3. The van der Waals surface area contributed by atoms with E-state index in [0.29, 0.717) is 22.7 Å². The zero-order valence-corrected chi connectivity index (χ0v) is 25.8. The van der Waals surface area contributed by atoms with Crippen molar-refractivity contribution < 1.29 is 28.2 Å². The van der Waals surface area contributed by atoms with Gasteiger partial charge in [-0.3, -0.25) is 4.79 Å². The number of hydrogen-bond acceptors (Lipinski definition) is 5. The van der Waals surface area contributed by atoms with E-state index in [1.165, 1.54) is 43.7 Å². The van der Waals surface area contributed by atoms with Crippen LogP contribution < -0.4 is 16.0 Å². The number of nitrogens with one attached hydrogen (secondary N) is 3. The van der Waals surface area contributed by atoms with Gasteiger partial charge in [-0.15, -0.1) is 0 Å². The molecule has 0 aromatic heterocycles. The summed E-state index contributed by atoms with van der Waals surface area (Å²) >= 11 is 0. The molecule has 2 atom stereocenters. The molecule has 3 aromatic rings. The Hall–Kier alpha value is -4.24. The topological polar surface area (TPSA) is 106 Å². The van der Waals surface area contributed by atoms with Gasteiger partial charge in [0.2, 0.25) is 0 Å². The lowest BCUT2D eigenvalue weighted by Crippen LogP contribution is -2.51. The number of carbonyl (C=O) groups excluding carboxylic acids is 3. The molecule has 0 spiro atoms. The number of halogens is 1. The maximum absolute atomic E-state index is 14.0. The molecule has 1 saturated carbocycles. The van der Waals surface area contributed by atoms with Crippen LogP contribution in [0.15, 0.2) is 54.6 Å². The number of aryl methyl sites for hydroxylation is 2. The largest absolute Gasteiger partial charge is 0.467 e. The molecule has 3 amide bonds. The first kappa shape index (κ1) is 31.7. The minimum absolute atomic E-state index is 0.102. The highest BCUT2D eigenvalue weighted by atomic mass is 19.1. The molecule has 9 heteroatoms. The molecule has 0 unspecified atom stereocenters. The highest BCUT2D eigenvalue weighted by Gasteiger charge is 2.32. The summed E-state index contributed by atoms with van der Waals surface area (Å²) in [5.74, 6) is -1.13. The van der Waals surface area contributed by atoms with E-state index >= 15 is 0 Å². The van der Waals surface area contributed by atoms with Gasteiger partial charge < -0.3 is 25.4 Å². The smallest absolute Gasteiger partial charge is 0.331 e. The summed E-state index contributed by atoms with van der Waals surface area (Å²) in [7, 11) is 1.23. The number of ether oxygens (including phenoxy) is 2.